The molecule has 1 atom stereocenters. The smallest absolute Gasteiger partial charge is 0.0787 e. The first-order valence-corrected chi connectivity index (χ1v) is 12.8. The molecule has 4 aromatic rings. The predicted octanol–water partition coefficient (Wildman–Crippen LogP) is 7.29. The molecule has 182 valence electrons. The van der Waals surface area contributed by atoms with E-state index in [4.69, 9.17) is 11.5 Å². The summed E-state index contributed by atoms with van der Waals surface area (Å²) >= 11 is 0. The second-order valence-electron chi connectivity index (χ2n) is 9.08. The fourth-order valence-corrected chi connectivity index (χ4v) is 4.34. The van der Waals surface area contributed by atoms with Crippen molar-refractivity contribution in [3.63, 3.8) is 0 Å². The lowest BCUT2D eigenvalue weighted by Crippen LogP contribution is -1.96. The number of aliphatic hydroxyl groups is 1. The summed E-state index contributed by atoms with van der Waals surface area (Å²) in [5.74, 6) is 0. The number of fused-ring (bicyclic) bond motifs is 3. The Morgan fingerprint density at radius 2 is 1.44 bits per heavy atom. The maximum absolute atomic E-state index is 10.4. The maximum Gasteiger partial charge on any atom is 0.0787 e. The van der Waals surface area contributed by atoms with Gasteiger partial charge in [-0.1, -0.05) is 52.2 Å². The molecule has 5 N–H and O–H groups in total. The van der Waals surface area contributed by atoms with E-state index in [2.05, 4.69) is 66.9 Å². The van der Waals surface area contributed by atoms with Crippen molar-refractivity contribution < 1.29 is 5.11 Å². The van der Waals surface area contributed by atoms with E-state index in [-0.39, 0.29) is 0 Å². The van der Waals surface area contributed by atoms with Gasteiger partial charge in [0.2, 0.25) is 0 Å². The summed E-state index contributed by atoms with van der Waals surface area (Å²) < 4.78 is 2.30. The Morgan fingerprint density at radius 1 is 0.794 bits per heavy atom. The molecule has 4 heteroatoms. The van der Waals surface area contributed by atoms with Crippen molar-refractivity contribution in [2.45, 2.75) is 71.8 Å². The van der Waals surface area contributed by atoms with Crippen LogP contribution in [0.15, 0.2) is 60.7 Å². The van der Waals surface area contributed by atoms with Crippen molar-refractivity contribution in [3.05, 3.63) is 71.8 Å². The SMILES string of the molecule is CCCCCCc1ccc2c(c1)c1cc(C(O)CC)ccc1n2-c1ccc(N)cc1.CCCN. The van der Waals surface area contributed by atoms with Gasteiger partial charge in [-0.25, -0.2) is 0 Å². The molecule has 0 aliphatic heterocycles. The van der Waals surface area contributed by atoms with Gasteiger partial charge < -0.3 is 21.1 Å². The highest BCUT2D eigenvalue weighted by molar-refractivity contribution is 6.09. The molecule has 0 saturated heterocycles. The molecule has 0 radical (unpaired) electrons. The molecular formula is C30H41N3O. The highest BCUT2D eigenvalue weighted by atomic mass is 16.3. The van der Waals surface area contributed by atoms with Crippen LogP contribution < -0.4 is 11.5 Å². The summed E-state index contributed by atoms with van der Waals surface area (Å²) in [5.41, 5.74) is 17.5. The van der Waals surface area contributed by atoms with Crippen LogP contribution >= 0.6 is 0 Å². The molecule has 4 nitrogen and oxygen atoms in total. The van der Waals surface area contributed by atoms with Crippen LogP contribution in [0.4, 0.5) is 5.69 Å². The van der Waals surface area contributed by atoms with E-state index in [0.29, 0.717) is 6.42 Å². The third kappa shape index (κ3) is 5.99. The molecule has 0 aliphatic rings. The first-order valence-electron chi connectivity index (χ1n) is 12.8. The van der Waals surface area contributed by atoms with Crippen molar-refractivity contribution in [3.8, 4) is 5.69 Å². The molecule has 0 bridgehead atoms. The van der Waals surface area contributed by atoms with Crippen molar-refractivity contribution >= 4 is 27.5 Å². The zero-order valence-electron chi connectivity index (χ0n) is 21.1. The van der Waals surface area contributed by atoms with Gasteiger partial charge in [0.05, 0.1) is 17.1 Å². The molecule has 0 amide bonds. The average Bonchev–Trinajstić information content (AvgIpc) is 3.20. The summed E-state index contributed by atoms with van der Waals surface area (Å²) in [4.78, 5) is 0. The van der Waals surface area contributed by atoms with Crippen LogP contribution in [0.1, 0.15) is 76.5 Å². The summed E-state index contributed by atoms with van der Waals surface area (Å²) in [6, 6.07) is 21.3. The molecule has 0 fully saturated rings. The standard InChI is InChI=1S/C27H32N2O.C3H9N/c1-3-5-6-7-8-19-9-15-25-23(17-19)24-18-20(27(30)4-2)10-16-26(24)29(25)22-13-11-21(28)12-14-22;1-2-3-4/h9-18,27,30H,3-8,28H2,1-2H3;2-4H2,1H3. The third-order valence-electron chi connectivity index (χ3n) is 6.38. The topological polar surface area (TPSA) is 77.2 Å². The maximum atomic E-state index is 10.4. The fraction of sp³-hybridized carbons (Fsp3) is 0.400. The van der Waals surface area contributed by atoms with Crippen LogP contribution in [-0.2, 0) is 6.42 Å². The number of rotatable bonds is 9. The summed E-state index contributed by atoms with van der Waals surface area (Å²) in [7, 11) is 0. The van der Waals surface area contributed by atoms with E-state index < -0.39 is 6.10 Å². The van der Waals surface area contributed by atoms with Crippen molar-refractivity contribution in [1.82, 2.24) is 4.57 Å². The molecule has 34 heavy (non-hydrogen) atoms. The largest absolute Gasteiger partial charge is 0.399 e. The number of aromatic nitrogens is 1. The fourth-order valence-electron chi connectivity index (χ4n) is 4.34. The number of nitrogen functional groups attached to an aromatic ring is 1. The van der Waals surface area contributed by atoms with Gasteiger partial charge in [0.1, 0.15) is 0 Å². The molecule has 1 unspecified atom stereocenters. The molecule has 0 aliphatic carbocycles. The number of nitrogens with two attached hydrogens (primary N) is 2. The van der Waals surface area contributed by atoms with E-state index in [0.717, 1.165) is 41.8 Å². The van der Waals surface area contributed by atoms with Crippen LogP contribution in [-0.4, -0.2) is 16.2 Å². The van der Waals surface area contributed by atoms with E-state index in [9.17, 15) is 5.11 Å². The number of hydrogen-bond donors (Lipinski definition) is 3. The minimum Gasteiger partial charge on any atom is -0.399 e. The molecule has 1 heterocycles. The first kappa shape index (κ1) is 25.8. The second-order valence-corrected chi connectivity index (χ2v) is 9.08. The van der Waals surface area contributed by atoms with E-state index >= 15 is 0 Å². The first-order chi connectivity index (χ1) is 16.5. The molecule has 1 aromatic heterocycles. The summed E-state index contributed by atoms with van der Waals surface area (Å²) in [6.07, 6.45) is 7.58. The van der Waals surface area contributed by atoms with E-state index in [1.165, 1.54) is 47.5 Å². The second kappa shape index (κ2) is 12.6. The number of benzene rings is 3. The highest BCUT2D eigenvalue weighted by Crippen LogP contribution is 2.35. The Hall–Kier alpha value is -2.82. The van der Waals surface area contributed by atoms with Crippen LogP contribution in [0.25, 0.3) is 27.5 Å². The number of unbranched alkanes of at least 4 members (excludes halogenated alkanes) is 3. The van der Waals surface area contributed by atoms with E-state index in [1.807, 2.05) is 19.1 Å². The molecule has 4 rings (SSSR count). The van der Waals surface area contributed by atoms with Gasteiger partial charge in [-0.3, -0.25) is 0 Å². The lowest BCUT2D eigenvalue weighted by Gasteiger charge is -2.10. The lowest BCUT2D eigenvalue weighted by molar-refractivity contribution is 0.174. The number of anilines is 1. The van der Waals surface area contributed by atoms with Crippen LogP contribution in [0, 0.1) is 0 Å². The number of aliphatic hydroxyl groups excluding tert-OH is 1. The lowest BCUT2D eigenvalue weighted by atomic mass is 10.0. The van der Waals surface area contributed by atoms with Gasteiger partial charge in [-0.15, -0.1) is 0 Å². The van der Waals surface area contributed by atoms with Gasteiger partial charge in [-0.05, 0) is 91.9 Å². The Labute approximate surface area is 204 Å². The number of hydrogen-bond acceptors (Lipinski definition) is 3. The Morgan fingerprint density at radius 3 is 2.06 bits per heavy atom. The van der Waals surface area contributed by atoms with Gasteiger partial charge in [0, 0.05) is 22.1 Å². The zero-order chi connectivity index (χ0) is 24.5. The Kier molecular flexibility index (Phi) is 9.55. The minimum atomic E-state index is -0.429. The Balaban J connectivity index is 0.000000751. The molecule has 0 saturated carbocycles. The van der Waals surface area contributed by atoms with E-state index in [1.54, 1.807) is 0 Å². The summed E-state index contributed by atoms with van der Waals surface area (Å²) in [6.45, 7) is 7.14. The molecule has 0 spiro atoms. The molecule has 3 aromatic carbocycles. The minimum absolute atomic E-state index is 0.429. The van der Waals surface area contributed by atoms with Gasteiger partial charge >= 0.3 is 0 Å². The van der Waals surface area contributed by atoms with Gasteiger partial charge in [0.15, 0.2) is 0 Å². The quantitative estimate of drug-likeness (QED) is 0.182. The highest BCUT2D eigenvalue weighted by Gasteiger charge is 2.15. The predicted molar refractivity (Wildman–Crippen MR) is 148 cm³/mol. The van der Waals surface area contributed by atoms with Crippen LogP contribution in [0.2, 0.25) is 0 Å². The van der Waals surface area contributed by atoms with Crippen LogP contribution in [0.5, 0.6) is 0 Å². The number of nitrogens with zero attached hydrogens (tertiary/aromatic N) is 1. The van der Waals surface area contributed by atoms with Crippen molar-refractivity contribution in [2.24, 2.45) is 5.73 Å². The monoisotopic (exact) mass is 459 g/mol. The third-order valence-corrected chi connectivity index (χ3v) is 6.38. The normalized spacial score (nSPS) is 12.0. The summed E-state index contributed by atoms with van der Waals surface area (Å²) in [5, 5.41) is 12.9. The van der Waals surface area contributed by atoms with Crippen molar-refractivity contribution in [1.29, 1.82) is 0 Å². The zero-order valence-corrected chi connectivity index (χ0v) is 21.1. The Bertz CT molecular complexity index is 1180. The van der Waals surface area contributed by atoms with Crippen molar-refractivity contribution in [2.75, 3.05) is 12.3 Å². The molecular weight excluding hydrogens is 418 g/mol. The number of aryl methyl sites for hydroxylation is 1. The van der Waals surface area contributed by atoms with Gasteiger partial charge in [0.25, 0.3) is 0 Å². The van der Waals surface area contributed by atoms with Crippen LogP contribution in [0.3, 0.4) is 0 Å². The van der Waals surface area contributed by atoms with Gasteiger partial charge in [-0.2, -0.15) is 0 Å². The average molecular weight is 460 g/mol.